The molecule has 1 saturated heterocycles. The Morgan fingerprint density at radius 3 is 1.50 bits per heavy atom. The molecule has 1 aliphatic rings. The number of allylic oxidation sites excluding steroid dienone is 5. The maximum absolute atomic E-state index is 12.9. The number of aliphatic hydroxyl groups is 5. The number of aliphatic hydroxyl groups excluding tert-OH is 5. The van der Waals surface area contributed by atoms with Crippen molar-refractivity contribution in [2.75, 3.05) is 13.2 Å². The molecule has 1 aliphatic heterocycles. The van der Waals surface area contributed by atoms with Crippen molar-refractivity contribution in [1.82, 2.24) is 5.32 Å². The Labute approximate surface area is 342 Å². The SMILES string of the molecule is CCCCCCCC/C=C/CC/C=C/C(O)C(COC1OC(CO)C(O)C(O)C1O)NC(=O)CCCCCCCCCCC/C=C\CCCCCCCCCC. The van der Waals surface area contributed by atoms with Gasteiger partial charge >= 0.3 is 0 Å². The number of hydrogen-bond acceptors (Lipinski definition) is 8. The zero-order valence-corrected chi connectivity index (χ0v) is 35.9. The van der Waals surface area contributed by atoms with E-state index in [4.69, 9.17) is 9.47 Å². The second-order valence-electron chi connectivity index (χ2n) is 16.2. The van der Waals surface area contributed by atoms with E-state index in [2.05, 4.69) is 43.5 Å². The molecule has 9 nitrogen and oxygen atoms in total. The van der Waals surface area contributed by atoms with Crippen molar-refractivity contribution in [3.8, 4) is 0 Å². The summed E-state index contributed by atoms with van der Waals surface area (Å²) in [6, 6.07) is -0.820. The number of carbonyl (C=O) groups is 1. The molecule has 0 radical (unpaired) electrons. The van der Waals surface area contributed by atoms with Gasteiger partial charge in [-0.1, -0.05) is 172 Å². The first-order chi connectivity index (χ1) is 27.3. The van der Waals surface area contributed by atoms with Gasteiger partial charge in [0.1, 0.15) is 24.4 Å². The number of rotatable bonds is 38. The van der Waals surface area contributed by atoms with Crippen LogP contribution in [0.4, 0.5) is 0 Å². The summed E-state index contributed by atoms with van der Waals surface area (Å²) in [7, 11) is 0. The van der Waals surface area contributed by atoms with Gasteiger partial charge in [-0.15, -0.1) is 0 Å². The predicted molar refractivity (Wildman–Crippen MR) is 230 cm³/mol. The van der Waals surface area contributed by atoms with E-state index in [9.17, 15) is 30.3 Å². The molecule has 7 atom stereocenters. The van der Waals surface area contributed by atoms with Gasteiger partial charge < -0.3 is 40.3 Å². The molecular weight excluding hydrogens is 707 g/mol. The van der Waals surface area contributed by atoms with Crippen LogP contribution in [0.2, 0.25) is 0 Å². The van der Waals surface area contributed by atoms with E-state index in [-0.39, 0.29) is 12.5 Å². The largest absolute Gasteiger partial charge is 0.394 e. The first-order valence-corrected chi connectivity index (χ1v) is 23.2. The van der Waals surface area contributed by atoms with Gasteiger partial charge in [-0.3, -0.25) is 4.79 Å². The molecule has 0 aromatic carbocycles. The molecule has 56 heavy (non-hydrogen) atoms. The summed E-state index contributed by atoms with van der Waals surface area (Å²) in [5.74, 6) is -0.190. The predicted octanol–water partition coefficient (Wildman–Crippen LogP) is 9.67. The second kappa shape index (κ2) is 37.7. The normalized spacial score (nSPS) is 21.4. The topological polar surface area (TPSA) is 149 Å². The summed E-state index contributed by atoms with van der Waals surface area (Å²) in [6.07, 6.45) is 39.1. The Balaban J connectivity index is 2.32. The number of amides is 1. The van der Waals surface area contributed by atoms with Gasteiger partial charge in [0.25, 0.3) is 0 Å². The number of carbonyl (C=O) groups excluding carboxylic acids is 1. The molecule has 1 heterocycles. The van der Waals surface area contributed by atoms with E-state index in [1.54, 1.807) is 6.08 Å². The highest BCUT2D eigenvalue weighted by Crippen LogP contribution is 2.22. The van der Waals surface area contributed by atoms with Crippen molar-refractivity contribution in [3.05, 3.63) is 36.5 Å². The molecule has 1 amide bonds. The van der Waals surface area contributed by atoms with Crippen molar-refractivity contribution in [3.63, 3.8) is 0 Å². The molecule has 1 rings (SSSR count). The minimum atomic E-state index is -1.57. The van der Waals surface area contributed by atoms with Crippen LogP contribution in [0, 0.1) is 0 Å². The standard InChI is InChI=1S/C47H87NO8/c1-3-5-7-9-11-13-15-17-18-19-20-21-22-23-24-25-27-29-31-33-35-37-43(51)48-40(39-55-47-46(54)45(53)44(52)42(38-49)56-47)41(50)36-34-32-30-28-26-16-14-12-10-8-6-4-2/h19-20,26,28,34,36,40-42,44-47,49-50,52-54H,3-18,21-25,27,29-33,35,37-39H2,1-2H3,(H,48,51)/b20-19-,28-26+,36-34+. The van der Waals surface area contributed by atoms with Crippen LogP contribution < -0.4 is 5.32 Å². The smallest absolute Gasteiger partial charge is 0.220 e. The molecule has 0 aromatic heterocycles. The molecule has 0 aromatic rings. The third-order valence-electron chi connectivity index (χ3n) is 10.9. The third-order valence-corrected chi connectivity index (χ3v) is 10.9. The van der Waals surface area contributed by atoms with Crippen LogP contribution in [0.1, 0.15) is 200 Å². The van der Waals surface area contributed by atoms with Crippen LogP contribution in [-0.2, 0) is 14.3 Å². The van der Waals surface area contributed by atoms with Crippen molar-refractivity contribution in [2.45, 2.75) is 243 Å². The van der Waals surface area contributed by atoms with E-state index in [1.165, 1.54) is 141 Å². The van der Waals surface area contributed by atoms with Gasteiger partial charge in [-0.25, -0.2) is 0 Å². The highest BCUT2D eigenvalue weighted by atomic mass is 16.7. The quantitative estimate of drug-likeness (QED) is 0.0268. The van der Waals surface area contributed by atoms with Crippen molar-refractivity contribution in [2.24, 2.45) is 0 Å². The van der Waals surface area contributed by atoms with E-state index in [0.717, 1.165) is 38.5 Å². The lowest BCUT2D eigenvalue weighted by atomic mass is 9.99. The summed E-state index contributed by atoms with van der Waals surface area (Å²) in [5.41, 5.74) is 0. The van der Waals surface area contributed by atoms with Crippen LogP contribution >= 0.6 is 0 Å². The molecule has 328 valence electrons. The summed E-state index contributed by atoms with van der Waals surface area (Å²) in [6.45, 7) is 3.73. The molecular formula is C47H87NO8. The van der Waals surface area contributed by atoms with Crippen LogP contribution in [-0.4, -0.2) is 87.5 Å². The van der Waals surface area contributed by atoms with Crippen molar-refractivity contribution in [1.29, 1.82) is 0 Å². The van der Waals surface area contributed by atoms with Gasteiger partial charge in [-0.2, -0.15) is 0 Å². The molecule has 0 saturated carbocycles. The fraction of sp³-hybridized carbons (Fsp3) is 0.851. The van der Waals surface area contributed by atoms with E-state index in [0.29, 0.717) is 6.42 Å². The number of unbranched alkanes of at least 4 members (excludes halogenated alkanes) is 24. The second-order valence-corrected chi connectivity index (χ2v) is 16.2. The summed E-state index contributed by atoms with van der Waals surface area (Å²) >= 11 is 0. The van der Waals surface area contributed by atoms with Crippen LogP contribution in [0.5, 0.6) is 0 Å². The minimum Gasteiger partial charge on any atom is -0.394 e. The van der Waals surface area contributed by atoms with Crippen LogP contribution in [0.3, 0.4) is 0 Å². The van der Waals surface area contributed by atoms with Gasteiger partial charge in [-0.05, 0) is 57.8 Å². The number of hydrogen-bond donors (Lipinski definition) is 6. The Bertz CT molecular complexity index is 972. The van der Waals surface area contributed by atoms with E-state index < -0.39 is 49.5 Å². The lowest BCUT2D eigenvalue weighted by molar-refractivity contribution is -0.302. The number of ether oxygens (including phenoxy) is 2. The molecule has 0 spiro atoms. The average Bonchev–Trinajstić information content (AvgIpc) is 3.20. The zero-order chi connectivity index (χ0) is 40.9. The lowest BCUT2D eigenvalue weighted by Gasteiger charge is -2.40. The summed E-state index contributed by atoms with van der Waals surface area (Å²) < 4.78 is 11.2. The Hall–Kier alpha value is -1.59. The summed E-state index contributed by atoms with van der Waals surface area (Å²) in [4.78, 5) is 12.9. The minimum absolute atomic E-state index is 0.190. The van der Waals surface area contributed by atoms with Crippen molar-refractivity contribution >= 4 is 5.91 Å². The number of nitrogens with one attached hydrogen (secondary N) is 1. The summed E-state index contributed by atoms with van der Waals surface area (Å²) in [5, 5.41) is 54.1. The highest BCUT2D eigenvalue weighted by molar-refractivity contribution is 5.76. The molecule has 6 N–H and O–H groups in total. The zero-order valence-electron chi connectivity index (χ0n) is 35.9. The van der Waals surface area contributed by atoms with Gasteiger partial charge in [0, 0.05) is 6.42 Å². The third kappa shape index (κ3) is 27.9. The lowest BCUT2D eigenvalue weighted by Crippen LogP contribution is -2.60. The first kappa shape index (κ1) is 52.4. The van der Waals surface area contributed by atoms with Gasteiger partial charge in [0.05, 0.1) is 25.4 Å². The Morgan fingerprint density at radius 2 is 1.02 bits per heavy atom. The molecule has 1 fully saturated rings. The molecule has 7 unspecified atom stereocenters. The van der Waals surface area contributed by atoms with Gasteiger partial charge in [0.2, 0.25) is 5.91 Å². The Morgan fingerprint density at radius 1 is 0.589 bits per heavy atom. The molecule has 9 heteroatoms. The molecule has 0 bridgehead atoms. The van der Waals surface area contributed by atoms with Gasteiger partial charge in [0.15, 0.2) is 6.29 Å². The maximum Gasteiger partial charge on any atom is 0.220 e. The average molecular weight is 794 g/mol. The monoisotopic (exact) mass is 794 g/mol. The first-order valence-electron chi connectivity index (χ1n) is 23.2. The maximum atomic E-state index is 12.9. The molecule has 0 aliphatic carbocycles. The van der Waals surface area contributed by atoms with Crippen molar-refractivity contribution < 1.29 is 39.8 Å². The van der Waals surface area contributed by atoms with E-state index >= 15 is 0 Å². The van der Waals surface area contributed by atoms with Crippen LogP contribution in [0.15, 0.2) is 36.5 Å². The fourth-order valence-electron chi connectivity index (χ4n) is 7.17. The van der Waals surface area contributed by atoms with E-state index in [1.807, 2.05) is 6.08 Å². The fourth-order valence-corrected chi connectivity index (χ4v) is 7.17. The Kier molecular flexibility index (Phi) is 35.3. The highest BCUT2D eigenvalue weighted by Gasteiger charge is 2.44. The van der Waals surface area contributed by atoms with Crippen LogP contribution in [0.25, 0.3) is 0 Å².